The van der Waals surface area contributed by atoms with Crippen molar-refractivity contribution in [3.8, 4) is 0 Å². The minimum atomic E-state index is -1.52. The maximum Gasteiger partial charge on any atom is 0.246 e. The molecule has 16 N–H and O–H groups in total. The minimum Gasteiger partial charge on any atom is -0.370 e. The molecule has 1 fully saturated rings. The lowest BCUT2D eigenvalue weighted by atomic mass is 10.1. The van der Waals surface area contributed by atoms with Gasteiger partial charge in [-0.1, -0.05) is 0 Å². The zero-order chi connectivity index (χ0) is 35.0. The van der Waals surface area contributed by atoms with Gasteiger partial charge in [0.05, 0.1) is 19.0 Å². The summed E-state index contributed by atoms with van der Waals surface area (Å²) in [6, 6.07) is -6.19. The van der Waals surface area contributed by atoms with Gasteiger partial charge in [0.1, 0.15) is 24.2 Å². The van der Waals surface area contributed by atoms with Crippen molar-refractivity contribution in [2.24, 2.45) is 39.4 Å². The van der Waals surface area contributed by atoms with Crippen molar-refractivity contribution in [3.05, 3.63) is 0 Å². The van der Waals surface area contributed by atoms with Crippen LogP contribution in [0.3, 0.4) is 0 Å². The first-order valence-corrected chi connectivity index (χ1v) is 15.0. The highest BCUT2D eigenvalue weighted by Crippen LogP contribution is 2.19. The molecule has 1 rings (SSSR count). The number of guanidine groups is 1. The zero-order valence-corrected chi connectivity index (χ0v) is 26.1. The normalized spacial score (nSPS) is 16.6. The highest BCUT2D eigenvalue weighted by molar-refractivity contribution is 7.80. The van der Waals surface area contributed by atoms with Crippen molar-refractivity contribution in [1.82, 2.24) is 26.2 Å². The maximum atomic E-state index is 13.5. The number of primary amides is 3. The molecule has 0 spiro atoms. The van der Waals surface area contributed by atoms with Crippen LogP contribution in [0, 0.1) is 0 Å². The Morgan fingerprint density at radius 3 is 2.02 bits per heavy atom. The molecule has 5 unspecified atom stereocenters. The molecule has 21 heteroatoms. The SMILES string of the molecule is NC(=O)CCC(N)C(=O)NC(CC(N)=O)C(=O)NC(CS)C(=O)N1CCCC1C(=O)NC(CCCN=C(N)N)C(=O)NCC(N)=O. The van der Waals surface area contributed by atoms with E-state index in [2.05, 4.69) is 38.9 Å². The summed E-state index contributed by atoms with van der Waals surface area (Å²) in [6.07, 6.45) is 0.0760. The Hall–Kier alpha value is -4.66. The van der Waals surface area contributed by atoms with E-state index >= 15 is 0 Å². The molecule has 1 aliphatic heterocycles. The van der Waals surface area contributed by atoms with E-state index in [0.29, 0.717) is 6.42 Å². The molecule has 0 aromatic rings. The molecule has 0 saturated carbocycles. The van der Waals surface area contributed by atoms with Crippen LogP contribution in [0.1, 0.15) is 44.9 Å². The highest BCUT2D eigenvalue weighted by atomic mass is 32.1. The van der Waals surface area contributed by atoms with Crippen LogP contribution in [0.4, 0.5) is 0 Å². The van der Waals surface area contributed by atoms with Gasteiger partial charge in [-0.3, -0.25) is 43.3 Å². The van der Waals surface area contributed by atoms with Crippen molar-refractivity contribution in [3.63, 3.8) is 0 Å². The van der Waals surface area contributed by atoms with Crippen LogP contribution in [-0.2, 0) is 38.4 Å². The third kappa shape index (κ3) is 14.0. The molecule has 46 heavy (non-hydrogen) atoms. The van der Waals surface area contributed by atoms with Gasteiger partial charge in [-0.15, -0.1) is 0 Å². The van der Waals surface area contributed by atoms with Crippen molar-refractivity contribution < 1.29 is 38.4 Å². The summed E-state index contributed by atoms with van der Waals surface area (Å²) in [4.78, 5) is 104. The lowest BCUT2D eigenvalue weighted by Gasteiger charge is -2.30. The molecule has 1 heterocycles. The Labute approximate surface area is 270 Å². The average molecular weight is 673 g/mol. The Morgan fingerprint density at radius 1 is 0.804 bits per heavy atom. The van der Waals surface area contributed by atoms with E-state index < -0.39 is 90.4 Å². The van der Waals surface area contributed by atoms with E-state index in [0.717, 1.165) is 0 Å². The van der Waals surface area contributed by atoms with Gasteiger partial charge < -0.3 is 60.6 Å². The number of rotatable bonds is 20. The van der Waals surface area contributed by atoms with Crippen LogP contribution in [0.2, 0.25) is 0 Å². The number of carbonyl (C=O) groups excluding carboxylic acids is 8. The Kier molecular flexibility index (Phi) is 16.8. The second kappa shape index (κ2) is 19.7. The molecule has 0 radical (unpaired) electrons. The number of nitrogens with zero attached hydrogens (tertiary/aromatic N) is 2. The largest absolute Gasteiger partial charge is 0.370 e. The summed E-state index contributed by atoms with van der Waals surface area (Å²) in [5.74, 6) is -6.67. The van der Waals surface area contributed by atoms with Crippen LogP contribution in [0.15, 0.2) is 4.99 Å². The van der Waals surface area contributed by atoms with Gasteiger partial charge in [-0.2, -0.15) is 12.6 Å². The molecule has 8 amide bonds. The van der Waals surface area contributed by atoms with Gasteiger partial charge >= 0.3 is 0 Å². The summed E-state index contributed by atoms with van der Waals surface area (Å²) < 4.78 is 0. The number of amides is 8. The fourth-order valence-corrected chi connectivity index (χ4v) is 4.66. The molecule has 0 bridgehead atoms. The van der Waals surface area contributed by atoms with Crippen molar-refractivity contribution in [1.29, 1.82) is 0 Å². The second-order valence-corrected chi connectivity index (χ2v) is 10.8. The van der Waals surface area contributed by atoms with Crippen LogP contribution in [-0.4, -0.2) is 114 Å². The molecular weight excluding hydrogens is 628 g/mol. The molecule has 1 saturated heterocycles. The van der Waals surface area contributed by atoms with E-state index in [1.807, 2.05) is 0 Å². The number of nitrogens with two attached hydrogens (primary N) is 6. The number of carbonyl (C=O) groups is 8. The van der Waals surface area contributed by atoms with E-state index in [-0.39, 0.29) is 56.9 Å². The zero-order valence-electron chi connectivity index (χ0n) is 25.2. The molecule has 1 aliphatic rings. The molecule has 0 aromatic carbocycles. The number of hydrogen-bond acceptors (Lipinski definition) is 11. The minimum absolute atomic E-state index is 0.0856. The predicted octanol–water partition coefficient (Wildman–Crippen LogP) is -6.52. The van der Waals surface area contributed by atoms with Crippen LogP contribution < -0.4 is 55.7 Å². The van der Waals surface area contributed by atoms with Crippen LogP contribution in [0.5, 0.6) is 0 Å². The second-order valence-electron chi connectivity index (χ2n) is 10.5. The van der Waals surface area contributed by atoms with Crippen LogP contribution in [0.25, 0.3) is 0 Å². The first-order chi connectivity index (χ1) is 21.6. The Balaban J connectivity index is 3.02. The molecule has 20 nitrogen and oxygen atoms in total. The Bertz CT molecular complexity index is 1180. The van der Waals surface area contributed by atoms with Gasteiger partial charge in [0.2, 0.25) is 47.3 Å². The maximum absolute atomic E-state index is 13.5. The van der Waals surface area contributed by atoms with Crippen LogP contribution >= 0.6 is 12.6 Å². The summed E-state index contributed by atoms with van der Waals surface area (Å²) in [5.41, 5.74) is 31.8. The van der Waals surface area contributed by atoms with Gasteiger partial charge in [-0.25, -0.2) is 0 Å². The number of likely N-dealkylation sites (tertiary alicyclic amines) is 1. The smallest absolute Gasteiger partial charge is 0.246 e. The van der Waals surface area contributed by atoms with Crippen molar-refractivity contribution >= 4 is 65.8 Å². The first kappa shape index (κ1) is 39.4. The molecule has 0 aromatic heterocycles. The number of aliphatic imine (C=N–C) groups is 1. The van der Waals surface area contributed by atoms with Crippen molar-refractivity contribution in [2.45, 2.75) is 75.2 Å². The predicted molar refractivity (Wildman–Crippen MR) is 167 cm³/mol. The molecule has 5 atom stereocenters. The number of nitrogens with one attached hydrogen (secondary N) is 4. The standard InChI is InChI=1S/C25H44N12O8S/c26-12(5-6-17(27)38)20(41)35-14(9-18(28)39)22(43)36-15(11-46)24(45)37-8-2-4-16(37)23(44)34-13(3-1-7-32-25(30)31)21(42)33-10-19(29)40/h12-16,46H,1-11,26H2,(H2,27,38)(H2,28,39)(H2,29,40)(H,33,42)(H,34,44)(H,35,41)(H,36,43)(H4,30,31,32). The fraction of sp³-hybridized carbons (Fsp3) is 0.640. The van der Waals surface area contributed by atoms with Gasteiger partial charge in [-0.05, 0) is 32.1 Å². The lowest BCUT2D eigenvalue weighted by Crippen LogP contribution is -2.59. The number of hydrogen-bond donors (Lipinski definition) is 11. The van der Waals surface area contributed by atoms with E-state index in [4.69, 9.17) is 34.4 Å². The average Bonchev–Trinajstić information content (AvgIpc) is 3.47. The summed E-state index contributed by atoms with van der Waals surface area (Å²) in [7, 11) is 0. The first-order valence-electron chi connectivity index (χ1n) is 14.3. The summed E-state index contributed by atoms with van der Waals surface area (Å²) in [5, 5.41) is 9.61. The monoisotopic (exact) mass is 672 g/mol. The molecular formula is C25H44N12O8S. The van der Waals surface area contributed by atoms with Crippen molar-refractivity contribution in [2.75, 3.05) is 25.4 Å². The van der Waals surface area contributed by atoms with E-state index in [9.17, 15) is 38.4 Å². The van der Waals surface area contributed by atoms with Gasteiger partial charge in [0.25, 0.3) is 0 Å². The third-order valence-electron chi connectivity index (χ3n) is 6.73. The highest BCUT2D eigenvalue weighted by Gasteiger charge is 2.39. The topological polar surface area (TPSA) is 356 Å². The molecule has 0 aliphatic carbocycles. The molecule has 258 valence electrons. The number of thiol groups is 1. The van der Waals surface area contributed by atoms with Gasteiger partial charge in [0, 0.05) is 25.3 Å². The Morgan fingerprint density at radius 2 is 1.46 bits per heavy atom. The fourth-order valence-electron chi connectivity index (χ4n) is 4.42. The lowest BCUT2D eigenvalue weighted by molar-refractivity contribution is -0.142. The quantitative estimate of drug-likeness (QED) is 0.0250. The summed E-state index contributed by atoms with van der Waals surface area (Å²) in [6.45, 7) is -0.172. The van der Waals surface area contributed by atoms with Gasteiger partial charge in [0.15, 0.2) is 5.96 Å². The van der Waals surface area contributed by atoms with E-state index in [1.54, 1.807) is 0 Å². The van der Waals surface area contributed by atoms with E-state index in [1.165, 1.54) is 4.90 Å². The third-order valence-corrected chi connectivity index (χ3v) is 7.09. The summed E-state index contributed by atoms with van der Waals surface area (Å²) >= 11 is 4.15.